The van der Waals surface area contributed by atoms with Gasteiger partial charge in [0, 0.05) is 30.4 Å². The molecule has 1 unspecified atom stereocenters. The number of anilines is 2. The molecule has 0 N–H and O–H groups in total. The number of fused-ring (bicyclic) bond motifs is 1. The standard InChI is InChI=1S/C20H23ClN2O2S/c1-22-14-23(16-7-5-15(21)6-8-16)26-20-10-9-17(12-19(20)22)25-13-18-4-2-3-11-24-18/h5-10,12,18H,2-4,11,13-14H2,1H3. The van der Waals surface area contributed by atoms with E-state index in [0.717, 1.165) is 36.2 Å². The van der Waals surface area contributed by atoms with Crippen LogP contribution in [0.4, 0.5) is 11.4 Å². The fourth-order valence-electron chi connectivity index (χ4n) is 3.25. The molecule has 2 aliphatic rings. The quantitative estimate of drug-likeness (QED) is 0.667. The predicted molar refractivity (Wildman–Crippen MR) is 109 cm³/mol. The molecule has 0 aromatic heterocycles. The van der Waals surface area contributed by atoms with Gasteiger partial charge in [-0.1, -0.05) is 11.6 Å². The normalized spacial score (nSPS) is 20.0. The minimum atomic E-state index is 0.229. The van der Waals surface area contributed by atoms with Crippen molar-refractivity contribution in [3.05, 3.63) is 47.5 Å². The second kappa shape index (κ2) is 7.99. The maximum Gasteiger partial charge on any atom is 0.121 e. The Bertz CT molecular complexity index is 750. The Morgan fingerprint density at radius 3 is 2.81 bits per heavy atom. The first-order chi connectivity index (χ1) is 12.7. The summed E-state index contributed by atoms with van der Waals surface area (Å²) in [4.78, 5) is 3.46. The molecule has 6 heteroatoms. The SMILES string of the molecule is CN1CN(c2ccc(Cl)cc2)Sc2ccc(OCC3CCCCO3)cc21. The summed E-state index contributed by atoms with van der Waals surface area (Å²) >= 11 is 7.75. The van der Waals surface area contributed by atoms with E-state index in [4.69, 9.17) is 21.1 Å². The molecule has 0 spiro atoms. The van der Waals surface area contributed by atoms with Crippen molar-refractivity contribution in [2.75, 3.05) is 36.1 Å². The van der Waals surface area contributed by atoms with Crippen LogP contribution in [0.5, 0.6) is 5.75 Å². The highest BCUT2D eigenvalue weighted by atomic mass is 35.5. The van der Waals surface area contributed by atoms with Crippen LogP contribution in [0, 0.1) is 0 Å². The molecule has 1 saturated heterocycles. The Kier molecular flexibility index (Phi) is 5.48. The second-order valence-electron chi connectivity index (χ2n) is 6.71. The van der Waals surface area contributed by atoms with Crippen molar-refractivity contribution in [3.63, 3.8) is 0 Å². The monoisotopic (exact) mass is 390 g/mol. The number of ether oxygens (including phenoxy) is 2. The molecule has 0 amide bonds. The van der Waals surface area contributed by atoms with Gasteiger partial charge in [-0.3, -0.25) is 4.31 Å². The van der Waals surface area contributed by atoms with Crippen molar-refractivity contribution in [2.24, 2.45) is 0 Å². The summed E-state index contributed by atoms with van der Waals surface area (Å²) in [6, 6.07) is 14.3. The number of benzene rings is 2. The third-order valence-electron chi connectivity index (χ3n) is 4.72. The van der Waals surface area contributed by atoms with Crippen LogP contribution in [0.25, 0.3) is 0 Å². The number of halogens is 1. The van der Waals surface area contributed by atoms with Gasteiger partial charge in [0.05, 0.1) is 16.7 Å². The van der Waals surface area contributed by atoms with Crippen LogP contribution in [0.15, 0.2) is 47.4 Å². The Morgan fingerprint density at radius 2 is 2.04 bits per heavy atom. The van der Waals surface area contributed by atoms with Gasteiger partial charge in [-0.15, -0.1) is 0 Å². The van der Waals surface area contributed by atoms with Gasteiger partial charge in [-0.05, 0) is 67.6 Å². The van der Waals surface area contributed by atoms with Gasteiger partial charge >= 0.3 is 0 Å². The van der Waals surface area contributed by atoms with Gasteiger partial charge in [-0.2, -0.15) is 0 Å². The Balaban J connectivity index is 1.44. The molecule has 0 radical (unpaired) electrons. The van der Waals surface area contributed by atoms with Crippen LogP contribution >= 0.6 is 23.5 Å². The van der Waals surface area contributed by atoms with Gasteiger partial charge in [-0.25, -0.2) is 0 Å². The largest absolute Gasteiger partial charge is 0.491 e. The summed E-state index contributed by atoms with van der Waals surface area (Å²) in [5.74, 6) is 0.908. The highest BCUT2D eigenvalue weighted by molar-refractivity contribution is 8.00. The molecule has 0 saturated carbocycles. The summed E-state index contributed by atoms with van der Waals surface area (Å²) in [5, 5.41) is 0.758. The zero-order valence-corrected chi connectivity index (χ0v) is 16.4. The summed E-state index contributed by atoms with van der Waals surface area (Å²) in [6.45, 7) is 2.29. The molecule has 2 aromatic carbocycles. The first-order valence-corrected chi connectivity index (χ1v) is 10.1. The van der Waals surface area contributed by atoms with E-state index < -0.39 is 0 Å². The maximum absolute atomic E-state index is 6.00. The molecule has 138 valence electrons. The highest BCUT2D eigenvalue weighted by Gasteiger charge is 2.22. The molecule has 0 bridgehead atoms. The van der Waals surface area contributed by atoms with Crippen LogP contribution in [0.1, 0.15) is 19.3 Å². The first-order valence-electron chi connectivity index (χ1n) is 9.00. The second-order valence-corrected chi connectivity index (χ2v) is 8.21. The predicted octanol–water partition coefficient (Wildman–Crippen LogP) is 5.21. The smallest absolute Gasteiger partial charge is 0.121 e. The summed E-state index contributed by atoms with van der Waals surface area (Å²) in [7, 11) is 2.11. The fourth-order valence-corrected chi connectivity index (χ4v) is 4.51. The Labute approximate surface area is 164 Å². The lowest BCUT2D eigenvalue weighted by Crippen LogP contribution is -2.35. The highest BCUT2D eigenvalue weighted by Crippen LogP contribution is 2.41. The zero-order valence-electron chi connectivity index (χ0n) is 14.9. The van der Waals surface area contributed by atoms with E-state index in [9.17, 15) is 0 Å². The summed E-state index contributed by atoms with van der Waals surface area (Å²) < 4.78 is 14.0. The zero-order chi connectivity index (χ0) is 17.9. The van der Waals surface area contributed by atoms with Crippen molar-refractivity contribution >= 4 is 34.9 Å². The summed E-state index contributed by atoms with van der Waals surface area (Å²) in [5.41, 5.74) is 2.34. The molecule has 1 fully saturated rings. The lowest BCUT2D eigenvalue weighted by Gasteiger charge is -2.36. The van der Waals surface area contributed by atoms with E-state index in [1.807, 2.05) is 18.2 Å². The van der Waals surface area contributed by atoms with Crippen LogP contribution < -0.4 is 13.9 Å². The molecule has 2 aromatic rings. The van der Waals surface area contributed by atoms with Crippen LogP contribution in [-0.2, 0) is 4.74 Å². The lowest BCUT2D eigenvalue weighted by atomic mass is 10.1. The van der Waals surface area contributed by atoms with Gasteiger partial charge in [0.2, 0.25) is 0 Å². The van der Waals surface area contributed by atoms with E-state index in [1.165, 1.54) is 23.4 Å². The number of rotatable bonds is 4. The van der Waals surface area contributed by atoms with Gasteiger partial charge in [0.15, 0.2) is 0 Å². The molecule has 2 aliphatic heterocycles. The van der Waals surface area contributed by atoms with E-state index in [2.05, 4.69) is 40.5 Å². The van der Waals surface area contributed by atoms with Crippen molar-refractivity contribution in [2.45, 2.75) is 30.3 Å². The molecular formula is C20H23ClN2O2S. The van der Waals surface area contributed by atoms with Crippen molar-refractivity contribution in [1.29, 1.82) is 0 Å². The van der Waals surface area contributed by atoms with Crippen LogP contribution in [0.2, 0.25) is 5.02 Å². The topological polar surface area (TPSA) is 24.9 Å². The maximum atomic E-state index is 6.00. The van der Waals surface area contributed by atoms with Gasteiger partial charge in [0.1, 0.15) is 19.0 Å². The minimum Gasteiger partial charge on any atom is -0.491 e. The number of nitrogens with zero attached hydrogens (tertiary/aromatic N) is 2. The Morgan fingerprint density at radius 1 is 1.19 bits per heavy atom. The average molecular weight is 391 g/mol. The van der Waals surface area contributed by atoms with E-state index in [1.54, 1.807) is 11.9 Å². The molecule has 2 heterocycles. The lowest BCUT2D eigenvalue weighted by molar-refractivity contribution is -0.0110. The number of hydrogen-bond donors (Lipinski definition) is 0. The molecule has 4 nitrogen and oxygen atoms in total. The molecule has 1 atom stereocenters. The van der Waals surface area contributed by atoms with E-state index in [-0.39, 0.29) is 6.10 Å². The molecule has 0 aliphatic carbocycles. The number of hydrogen-bond acceptors (Lipinski definition) is 5. The minimum absolute atomic E-state index is 0.229. The van der Waals surface area contributed by atoms with Crippen LogP contribution in [-0.4, -0.2) is 33.0 Å². The molecule has 4 rings (SSSR count). The Hall–Kier alpha value is -1.56. The molecular weight excluding hydrogens is 368 g/mol. The average Bonchev–Trinajstić information content (AvgIpc) is 2.68. The third kappa shape index (κ3) is 4.05. The first kappa shape index (κ1) is 17.8. The molecule has 26 heavy (non-hydrogen) atoms. The van der Waals surface area contributed by atoms with Gasteiger partial charge in [0.25, 0.3) is 0 Å². The van der Waals surface area contributed by atoms with Crippen LogP contribution in [0.3, 0.4) is 0 Å². The van der Waals surface area contributed by atoms with Gasteiger partial charge < -0.3 is 14.4 Å². The van der Waals surface area contributed by atoms with Crippen molar-refractivity contribution < 1.29 is 9.47 Å². The third-order valence-corrected chi connectivity index (χ3v) is 6.06. The van der Waals surface area contributed by atoms with E-state index in [0.29, 0.717) is 6.61 Å². The van der Waals surface area contributed by atoms with Crippen molar-refractivity contribution in [3.8, 4) is 5.75 Å². The summed E-state index contributed by atoms with van der Waals surface area (Å²) in [6.07, 6.45) is 3.73. The fraction of sp³-hybridized carbons (Fsp3) is 0.400. The van der Waals surface area contributed by atoms with E-state index >= 15 is 0 Å². The van der Waals surface area contributed by atoms with Crippen molar-refractivity contribution in [1.82, 2.24) is 0 Å².